The molecule has 0 spiro atoms. The Labute approximate surface area is 143 Å². The van der Waals surface area contributed by atoms with Crippen molar-refractivity contribution >= 4 is 17.2 Å². The minimum Gasteiger partial charge on any atom is -0.321 e. The van der Waals surface area contributed by atoms with Crippen LogP contribution in [-0.2, 0) is 0 Å². The van der Waals surface area contributed by atoms with Crippen LogP contribution in [0.4, 0.5) is 10.1 Å². The number of hydrogen-bond donors (Lipinski definition) is 1. The second-order valence-corrected chi connectivity index (χ2v) is 5.64. The Balaban J connectivity index is 1.63. The number of nitrogens with one attached hydrogen (secondary N) is 1. The van der Waals surface area contributed by atoms with Gasteiger partial charge in [-0.05, 0) is 36.4 Å². The van der Waals surface area contributed by atoms with Crippen LogP contribution in [0.3, 0.4) is 0 Å². The van der Waals surface area contributed by atoms with E-state index < -0.39 is 0 Å². The molecule has 1 N–H and O–H groups in total. The normalized spacial score (nSPS) is 10.8. The molecule has 0 bridgehead atoms. The molecule has 2 aromatic carbocycles. The maximum absolute atomic E-state index is 13.4. The third-order valence-electron chi connectivity index (χ3n) is 3.87. The number of fused-ring (bicyclic) bond motifs is 1. The van der Waals surface area contributed by atoms with E-state index in [0.29, 0.717) is 22.5 Å². The van der Waals surface area contributed by atoms with Gasteiger partial charge in [0.2, 0.25) is 0 Å². The molecule has 0 atom stereocenters. The minimum atomic E-state index is -0.301. The first-order valence-electron chi connectivity index (χ1n) is 7.80. The van der Waals surface area contributed by atoms with Crippen molar-refractivity contribution in [2.24, 2.45) is 0 Å². The quantitative estimate of drug-likeness (QED) is 0.605. The third-order valence-corrected chi connectivity index (χ3v) is 3.87. The first-order chi connectivity index (χ1) is 12.2. The van der Waals surface area contributed by atoms with E-state index in [1.54, 1.807) is 34.9 Å². The van der Waals surface area contributed by atoms with Gasteiger partial charge in [-0.3, -0.25) is 4.79 Å². The summed E-state index contributed by atoms with van der Waals surface area (Å²) < 4.78 is 15.2. The predicted molar refractivity (Wildman–Crippen MR) is 95.0 cm³/mol. The van der Waals surface area contributed by atoms with E-state index in [1.807, 2.05) is 36.5 Å². The minimum absolute atomic E-state index is 0.176. The molecule has 2 heterocycles. The van der Waals surface area contributed by atoms with Gasteiger partial charge in [0.25, 0.3) is 5.91 Å². The number of pyridine rings is 1. The van der Waals surface area contributed by atoms with E-state index >= 15 is 0 Å². The monoisotopic (exact) mass is 331 g/mol. The number of imidazole rings is 1. The number of benzene rings is 2. The van der Waals surface area contributed by atoms with Gasteiger partial charge in [-0.2, -0.15) is 0 Å². The molecule has 4 aromatic rings. The zero-order valence-corrected chi connectivity index (χ0v) is 13.2. The van der Waals surface area contributed by atoms with Gasteiger partial charge in [0, 0.05) is 23.5 Å². The average molecular weight is 331 g/mol. The lowest BCUT2D eigenvalue weighted by Gasteiger charge is -2.05. The summed E-state index contributed by atoms with van der Waals surface area (Å²) in [5.41, 5.74) is 3.35. The molecule has 0 fully saturated rings. The summed E-state index contributed by atoms with van der Waals surface area (Å²) in [6.07, 6.45) is 3.59. The van der Waals surface area contributed by atoms with Gasteiger partial charge in [0.15, 0.2) is 0 Å². The summed E-state index contributed by atoms with van der Waals surface area (Å²) in [6.45, 7) is 0. The largest absolute Gasteiger partial charge is 0.321 e. The zero-order chi connectivity index (χ0) is 17.2. The lowest BCUT2D eigenvalue weighted by atomic mass is 10.2. The molecule has 0 aliphatic carbocycles. The van der Waals surface area contributed by atoms with E-state index in [2.05, 4.69) is 10.3 Å². The van der Waals surface area contributed by atoms with Crippen molar-refractivity contribution in [3.8, 4) is 11.3 Å². The fourth-order valence-electron chi connectivity index (χ4n) is 2.65. The van der Waals surface area contributed by atoms with Crippen LogP contribution in [0.1, 0.15) is 10.4 Å². The molecule has 0 radical (unpaired) electrons. The average Bonchev–Trinajstić information content (AvgIpc) is 3.06. The van der Waals surface area contributed by atoms with Gasteiger partial charge in [-0.25, -0.2) is 9.37 Å². The molecule has 122 valence electrons. The number of rotatable bonds is 3. The molecule has 0 aliphatic rings. The highest BCUT2D eigenvalue weighted by Crippen LogP contribution is 2.21. The number of hydrogen-bond acceptors (Lipinski definition) is 2. The van der Waals surface area contributed by atoms with E-state index in [4.69, 9.17) is 0 Å². The molecule has 5 heteroatoms. The van der Waals surface area contributed by atoms with E-state index in [0.717, 1.165) is 5.65 Å². The Kier molecular flexibility index (Phi) is 3.74. The second kappa shape index (κ2) is 6.20. The summed E-state index contributed by atoms with van der Waals surface area (Å²) in [6, 6.07) is 18.9. The van der Waals surface area contributed by atoms with Crippen LogP contribution in [0.5, 0.6) is 0 Å². The number of amides is 1. The first-order valence-corrected chi connectivity index (χ1v) is 7.80. The van der Waals surface area contributed by atoms with Gasteiger partial charge < -0.3 is 9.72 Å². The van der Waals surface area contributed by atoms with Crippen molar-refractivity contribution in [3.05, 3.63) is 90.5 Å². The number of nitrogens with zero attached hydrogens (tertiary/aromatic N) is 2. The first kappa shape index (κ1) is 15.1. The Morgan fingerprint density at radius 1 is 0.960 bits per heavy atom. The maximum atomic E-state index is 13.4. The van der Waals surface area contributed by atoms with E-state index in [9.17, 15) is 9.18 Å². The van der Waals surface area contributed by atoms with Crippen LogP contribution in [0.25, 0.3) is 16.9 Å². The molecular formula is C20H14FN3O. The van der Waals surface area contributed by atoms with Crippen LogP contribution in [0.2, 0.25) is 0 Å². The van der Waals surface area contributed by atoms with Crippen molar-refractivity contribution in [1.82, 2.24) is 9.38 Å². The topological polar surface area (TPSA) is 46.4 Å². The van der Waals surface area contributed by atoms with Crippen molar-refractivity contribution < 1.29 is 9.18 Å². The third kappa shape index (κ3) is 3.12. The molecule has 0 saturated carbocycles. The molecular weight excluding hydrogens is 317 g/mol. The van der Waals surface area contributed by atoms with Gasteiger partial charge in [0.1, 0.15) is 11.5 Å². The highest BCUT2D eigenvalue weighted by Gasteiger charge is 2.08. The smallest absolute Gasteiger partial charge is 0.255 e. The van der Waals surface area contributed by atoms with E-state index in [1.165, 1.54) is 12.1 Å². The fraction of sp³-hybridized carbons (Fsp3) is 0. The molecule has 4 rings (SSSR count). The van der Waals surface area contributed by atoms with Gasteiger partial charge in [-0.15, -0.1) is 0 Å². The Morgan fingerprint density at radius 3 is 2.60 bits per heavy atom. The fourth-order valence-corrected chi connectivity index (χ4v) is 2.65. The SMILES string of the molecule is O=C(Nc1ccc2nc(-c3cccc(F)c3)cn2c1)c1ccccc1. The Bertz CT molecular complexity index is 1060. The molecule has 0 saturated heterocycles. The molecule has 0 aliphatic heterocycles. The highest BCUT2D eigenvalue weighted by molar-refractivity contribution is 6.04. The molecule has 4 nitrogen and oxygen atoms in total. The molecule has 2 aromatic heterocycles. The number of aromatic nitrogens is 2. The van der Waals surface area contributed by atoms with Crippen molar-refractivity contribution in [2.45, 2.75) is 0 Å². The van der Waals surface area contributed by atoms with E-state index in [-0.39, 0.29) is 11.7 Å². The summed E-state index contributed by atoms with van der Waals surface area (Å²) in [5.74, 6) is -0.476. The lowest BCUT2D eigenvalue weighted by Crippen LogP contribution is -2.11. The molecule has 25 heavy (non-hydrogen) atoms. The van der Waals surface area contributed by atoms with Gasteiger partial charge in [-0.1, -0.05) is 30.3 Å². The van der Waals surface area contributed by atoms with Crippen LogP contribution in [0.15, 0.2) is 79.1 Å². The maximum Gasteiger partial charge on any atom is 0.255 e. The molecule has 0 unspecified atom stereocenters. The van der Waals surface area contributed by atoms with Crippen LogP contribution >= 0.6 is 0 Å². The Morgan fingerprint density at radius 2 is 1.80 bits per heavy atom. The van der Waals surface area contributed by atoms with Gasteiger partial charge >= 0.3 is 0 Å². The standard InChI is InChI=1S/C20H14FN3O/c21-16-8-4-7-15(11-16)18-13-24-12-17(9-10-19(24)23-18)22-20(25)14-5-2-1-3-6-14/h1-13H,(H,22,25). The predicted octanol–water partition coefficient (Wildman–Crippen LogP) is 4.39. The van der Waals surface area contributed by atoms with Crippen LogP contribution < -0.4 is 5.32 Å². The summed E-state index contributed by atoms with van der Waals surface area (Å²) >= 11 is 0. The second-order valence-electron chi connectivity index (χ2n) is 5.64. The number of carbonyl (C=O) groups is 1. The number of carbonyl (C=O) groups excluding carboxylic acids is 1. The lowest BCUT2D eigenvalue weighted by molar-refractivity contribution is 0.102. The van der Waals surface area contributed by atoms with Crippen molar-refractivity contribution in [2.75, 3.05) is 5.32 Å². The number of halogens is 1. The summed E-state index contributed by atoms with van der Waals surface area (Å²) in [5, 5.41) is 2.86. The highest BCUT2D eigenvalue weighted by atomic mass is 19.1. The van der Waals surface area contributed by atoms with Crippen LogP contribution in [-0.4, -0.2) is 15.3 Å². The van der Waals surface area contributed by atoms with Gasteiger partial charge in [0.05, 0.1) is 11.4 Å². The Hall–Kier alpha value is -3.47. The number of anilines is 1. The summed E-state index contributed by atoms with van der Waals surface area (Å²) in [7, 11) is 0. The van der Waals surface area contributed by atoms with Crippen LogP contribution in [0, 0.1) is 5.82 Å². The summed E-state index contributed by atoms with van der Waals surface area (Å²) in [4.78, 5) is 16.7. The molecule has 1 amide bonds. The van der Waals surface area contributed by atoms with Crippen molar-refractivity contribution in [1.29, 1.82) is 0 Å². The zero-order valence-electron chi connectivity index (χ0n) is 13.2. The van der Waals surface area contributed by atoms with Crippen molar-refractivity contribution in [3.63, 3.8) is 0 Å².